The van der Waals surface area contributed by atoms with E-state index in [9.17, 15) is 4.79 Å². The predicted molar refractivity (Wildman–Crippen MR) is 76.2 cm³/mol. The molecule has 3 rings (SSSR count). The van der Waals surface area contributed by atoms with Crippen molar-refractivity contribution in [3.8, 4) is 11.4 Å². The number of amides is 1. The number of carbonyl (C=O) groups excluding carboxylic acids is 1. The summed E-state index contributed by atoms with van der Waals surface area (Å²) < 4.78 is 0. The fourth-order valence-electron chi connectivity index (χ4n) is 2.31. The zero-order valence-corrected chi connectivity index (χ0v) is 11.3. The van der Waals surface area contributed by atoms with Gasteiger partial charge in [0.2, 0.25) is 5.91 Å². The molecule has 2 heterocycles. The van der Waals surface area contributed by atoms with Crippen molar-refractivity contribution in [1.82, 2.24) is 20.5 Å². The molecule has 1 atom stereocenters. The van der Waals surface area contributed by atoms with Crippen LogP contribution in [0.25, 0.3) is 11.4 Å². The Morgan fingerprint density at radius 2 is 2.15 bits per heavy atom. The largest absolute Gasteiger partial charge is 0.325 e. The third-order valence-corrected chi connectivity index (χ3v) is 3.38. The van der Waals surface area contributed by atoms with E-state index >= 15 is 0 Å². The van der Waals surface area contributed by atoms with Gasteiger partial charge in [-0.25, -0.2) is 4.98 Å². The second-order valence-corrected chi connectivity index (χ2v) is 4.96. The van der Waals surface area contributed by atoms with Gasteiger partial charge in [0, 0.05) is 11.3 Å². The molecule has 6 heteroatoms. The normalized spacial score (nSPS) is 18.1. The molecule has 1 aromatic heterocycles. The van der Waals surface area contributed by atoms with Crippen LogP contribution in [0.15, 0.2) is 24.3 Å². The van der Waals surface area contributed by atoms with Crippen LogP contribution in [0.1, 0.15) is 18.7 Å². The molecule has 0 bridgehead atoms. The standard InChI is InChI=1S/C14H17N5O/c1-9-16-13(19-18-9)10-4-6-11(7-5-10)17-14(20)12-3-2-8-15-12/h4-7,12,15H,2-3,8H2,1H3,(H,17,20)(H,16,18,19). The van der Waals surface area contributed by atoms with E-state index in [-0.39, 0.29) is 11.9 Å². The van der Waals surface area contributed by atoms with Gasteiger partial charge in [-0.05, 0) is 50.6 Å². The van der Waals surface area contributed by atoms with Gasteiger partial charge < -0.3 is 10.6 Å². The monoisotopic (exact) mass is 271 g/mol. The SMILES string of the molecule is Cc1nc(-c2ccc(NC(=O)C3CCCN3)cc2)n[nH]1. The van der Waals surface area contributed by atoms with Gasteiger partial charge in [0.05, 0.1) is 6.04 Å². The topological polar surface area (TPSA) is 82.7 Å². The van der Waals surface area contributed by atoms with Crippen molar-refractivity contribution in [2.24, 2.45) is 0 Å². The summed E-state index contributed by atoms with van der Waals surface area (Å²) in [6.07, 6.45) is 1.96. The maximum atomic E-state index is 12.0. The summed E-state index contributed by atoms with van der Waals surface area (Å²) in [6, 6.07) is 7.48. The van der Waals surface area contributed by atoms with Crippen LogP contribution in [0, 0.1) is 6.92 Å². The lowest BCUT2D eigenvalue weighted by Gasteiger charge is -2.11. The molecule has 1 aromatic carbocycles. The first kappa shape index (κ1) is 12.8. The van der Waals surface area contributed by atoms with E-state index in [4.69, 9.17) is 0 Å². The van der Waals surface area contributed by atoms with Crippen LogP contribution in [0.4, 0.5) is 5.69 Å². The van der Waals surface area contributed by atoms with Crippen LogP contribution in [0.2, 0.25) is 0 Å². The van der Waals surface area contributed by atoms with Crippen LogP contribution in [-0.2, 0) is 4.79 Å². The van der Waals surface area contributed by atoms with E-state index in [2.05, 4.69) is 25.8 Å². The zero-order valence-electron chi connectivity index (χ0n) is 11.3. The Morgan fingerprint density at radius 3 is 2.75 bits per heavy atom. The Labute approximate surface area is 117 Å². The van der Waals surface area contributed by atoms with Gasteiger partial charge in [-0.2, -0.15) is 5.10 Å². The molecule has 1 amide bonds. The summed E-state index contributed by atoms with van der Waals surface area (Å²) in [4.78, 5) is 16.2. The zero-order chi connectivity index (χ0) is 13.9. The number of aryl methyl sites for hydroxylation is 1. The molecule has 1 aliphatic rings. The second-order valence-electron chi connectivity index (χ2n) is 4.96. The number of benzene rings is 1. The van der Waals surface area contributed by atoms with Crippen molar-refractivity contribution in [2.75, 3.05) is 11.9 Å². The summed E-state index contributed by atoms with van der Waals surface area (Å²) in [7, 11) is 0. The van der Waals surface area contributed by atoms with Crippen molar-refractivity contribution >= 4 is 11.6 Å². The van der Waals surface area contributed by atoms with Crippen molar-refractivity contribution in [1.29, 1.82) is 0 Å². The smallest absolute Gasteiger partial charge is 0.241 e. The molecule has 1 saturated heterocycles. The number of carbonyl (C=O) groups is 1. The molecule has 1 unspecified atom stereocenters. The van der Waals surface area contributed by atoms with Crippen molar-refractivity contribution in [3.05, 3.63) is 30.1 Å². The highest BCUT2D eigenvalue weighted by molar-refractivity contribution is 5.95. The van der Waals surface area contributed by atoms with Crippen molar-refractivity contribution in [2.45, 2.75) is 25.8 Å². The molecule has 104 valence electrons. The Bertz CT molecular complexity index is 598. The summed E-state index contributed by atoms with van der Waals surface area (Å²) in [5.41, 5.74) is 1.71. The maximum Gasteiger partial charge on any atom is 0.241 e. The average Bonchev–Trinajstić information content (AvgIpc) is 3.10. The second kappa shape index (κ2) is 5.42. The molecule has 0 aliphatic carbocycles. The number of H-pyrrole nitrogens is 1. The van der Waals surface area contributed by atoms with E-state index < -0.39 is 0 Å². The molecule has 0 radical (unpaired) electrons. The first-order chi connectivity index (χ1) is 9.72. The summed E-state index contributed by atoms with van der Waals surface area (Å²) in [5.74, 6) is 1.48. The van der Waals surface area contributed by atoms with Crippen LogP contribution in [-0.4, -0.2) is 33.7 Å². The Morgan fingerprint density at radius 1 is 1.35 bits per heavy atom. The average molecular weight is 271 g/mol. The van der Waals surface area contributed by atoms with Crippen LogP contribution < -0.4 is 10.6 Å². The highest BCUT2D eigenvalue weighted by Crippen LogP contribution is 2.18. The molecule has 20 heavy (non-hydrogen) atoms. The highest BCUT2D eigenvalue weighted by Gasteiger charge is 2.21. The maximum absolute atomic E-state index is 12.0. The lowest BCUT2D eigenvalue weighted by Crippen LogP contribution is -2.35. The lowest BCUT2D eigenvalue weighted by molar-refractivity contribution is -0.117. The fourth-order valence-corrected chi connectivity index (χ4v) is 2.31. The number of rotatable bonds is 3. The van der Waals surface area contributed by atoms with Crippen molar-refractivity contribution < 1.29 is 4.79 Å². The van der Waals surface area contributed by atoms with Gasteiger partial charge in [-0.3, -0.25) is 9.89 Å². The molecule has 1 fully saturated rings. The molecular formula is C14H17N5O. The van der Waals surface area contributed by atoms with Gasteiger partial charge in [0.15, 0.2) is 5.82 Å². The van der Waals surface area contributed by atoms with Gasteiger partial charge in [0.1, 0.15) is 5.82 Å². The van der Waals surface area contributed by atoms with Gasteiger partial charge >= 0.3 is 0 Å². The van der Waals surface area contributed by atoms with Gasteiger partial charge in [-0.1, -0.05) is 0 Å². The Balaban J connectivity index is 1.68. The molecule has 0 spiro atoms. The highest BCUT2D eigenvalue weighted by atomic mass is 16.2. The van der Waals surface area contributed by atoms with E-state index in [1.165, 1.54) is 0 Å². The van der Waals surface area contributed by atoms with E-state index in [1.807, 2.05) is 31.2 Å². The Hall–Kier alpha value is -2.21. The van der Waals surface area contributed by atoms with Gasteiger partial charge in [-0.15, -0.1) is 0 Å². The fraction of sp³-hybridized carbons (Fsp3) is 0.357. The minimum Gasteiger partial charge on any atom is -0.325 e. The number of hydrogen-bond acceptors (Lipinski definition) is 4. The minimum absolute atomic E-state index is 0.0315. The minimum atomic E-state index is -0.0645. The molecule has 1 aliphatic heterocycles. The van der Waals surface area contributed by atoms with Crippen LogP contribution >= 0.6 is 0 Å². The number of hydrogen-bond donors (Lipinski definition) is 3. The molecule has 6 nitrogen and oxygen atoms in total. The third-order valence-electron chi connectivity index (χ3n) is 3.38. The van der Waals surface area contributed by atoms with E-state index in [0.717, 1.165) is 36.5 Å². The third kappa shape index (κ3) is 2.70. The first-order valence-corrected chi connectivity index (χ1v) is 6.76. The molecule has 2 aromatic rings. The Kier molecular flexibility index (Phi) is 3.47. The first-order valence-electron chi connectivity index (χ1n) is 6.76. The summed E-state index contributed by atoms with van der Waals surface area (Å²) in [5, 5.41) is 13.0. The van der Waals surface area contributed by atoms with Gasteiger partial charge in [0.25, 0.3) is 0 Å². The van der Waals surface area contributed by atoms with E-state index in [0.29, 0.717) is 5.82 Å². The van der Waals surface area contributed by atoms with Crippen molar-refractivity contribution in [3.63, 3.8) is 0 Å². The summed E-state index contributed by atoms with van der Waals surface area (Å²) in [6.45, 7) is 2.78. The summed E-state index contributed by atoms with van der Waals surface area (Å²) >= 11 is 0. The molecular weight excluding hydrogens is 254 g/mol. The van der Waals surface area contributed by atoms with Crippen LogP contribution in [0.3, 0.4) is 0 Å². The van der Waals surface area contributed by atoms with E-state index in [1.54, 1.807) is 0 Å². The number of anilines is 1. The number of nitrogens with zero attached hydrogens (tertiary/aromatic N) is 2. The molecule has 3 N–H and O–H groups in total. The van der Waals surface area contributed by atoms with Crippen LogP contribution in [0.5, 0.6) is 0 Å². The lowest BCUT2D eigenvalue weighted by atomic mass is 10.1. The molecule has 0 saturated carbocycles. The number of aromatic nitrogens is 3. The number of nitrogens with one attached hydrogen (secondary N) is 3. The predicted octanol–water partition coefficient (Wildman–Crippen LogP) is 1.47. The quantitative estimate of drug-likeness (QED) is 0.789. The number of aromatic amines is 1.